The van der Waals surface area contributed by atoms with E-state index in [1.165, 1.54) is 0 Å². The number of benzene rings is 2. The fraction of sp³-hybridized carbons (Fsp3) is 0.462. The number of nitrogens with zero attached hydrogens (tertiary/aromatic N) is 1. The van der Waals surface area contributed by atoms with Gasteiger partial charge in [0.25, 0.3) is 5.91 Å². The van der Waals surface area contributed by atoms with Crippen LogP contribution in [0.1, 0.15) is 31.7 Å². The molecule has 2 aliphatic rings. The third-order valence-corrected chi connectivity index (χ3v) is 6.60. The second-order valence-corrected chi connectivity index (χ2v) is 8.73. The monoisotopic (exact) mass is 436 g/mol. The molecule has 0 bridgehead atoms. The minimum absolute atomic E-state index is 0.0245. The zero-order valence-electron chi connectivity index (χ0n) is 18.9. The standard InChI is InChI=1S/C26H32N2O4/c1-3-27-25(30)26(14-15-28(18-26)24(29)23-9-6-16-32-23)17-19-10-12-20(13-11-19)21-7-4-5-8-22(21)31-2/h4-5,7-8,10-13,23H,3,6,9,14-18H2,1-2H3,(H,27,30). The molecule has 2 heterocycles. The van der Waals surface area contributed by atoms with Crippen LogP contribution in [0, 0.1) is 5.41 Å². The Morgan fingerprint density at radius 3 is 2.66 bits per heavy atom. The molecule has 6 heteroatoms. The van der Waals surface area contributed by atoms with Crippen LogP contribution in [-0.4, -0.2) is 56.2 Å². The van der Waals surface area contributed by atoms with Crippen LogP contribution in [0.2, 0.25) is 0 Å². The number of ether oxygens (including phenoxy) is 2. The number of nitrogens with one attached hydrogen (secondary N) is 1. The normalized spacial score (nSPS) is 22.7. The summed E-state index contributed by atoms with van der Waals surface area (Å²) in [5, 5.41) is 3.01. The van der Waals surface area contributed by atoms with E-state index in [2.05, 4.69) is 29.6 Å². The van der Waals surface area contributed by atoms with E-state index in [0.29, 0.717) is 39.1 Å². The number of carbonyl (C=O) groups excluding carboxylic acids is 2. The van der Waals surface area contributed by atoms with Gasteiger partial charge in [-0.3, -0.25) is 9.59 Å². The van der Waals surface area contributed by atoms with Crippen molar-refractivity contribution in [1.82, 2.24) is 10.2 Å². The average Bonchev–Trinajstić information content (AvgIpc) is 3.51. The van der Waals surface area contributed by atoms with Crippen molar-refractivity contribution in [3.05, 3.63) is 54.1 Å². The van der Waals surface area contributed by atoms with E-state index < -0.39 is 5.41 Å². The second-order valence-electron chi connectivity index (χ2n) is 8.73. The molecule has 2 aromatic carbocycles. The van der Waals surface area contributed by atoms with Gasteiger partial charge in [-0.15, -0.1) is 0 Å². The Labute approximate surface area is 189 Å². The minimum atomic E-state index is -0.615. The van der Waals surface area contributed by atoms with Crippen LogP contribution in [0.4, 0.5) is 0 Å². The molecule has 2 aromatic rings. The van der Waals surface area contributed by atoms with Gasteiger partial charge >= 0.3 is 0 Å². The summed E-state index contributed by atoms with van der Waals surface area (Å²) < 4.78 is 11.1. The molecule has 0 spiro atoms. The van der Waals surface area contributed by atoms with Crippen LogP contribution in [0.15, 0.2) is 48.5 Å². The maximum atomic E-state index is 13.1. The van der Waals surface area contributed by atoms with E-state index in [1.54, 1.807) is 7.11 Å². The van der Waals surface area contributed by atoms with Gasteiger partial charge in [-0.2, -0.15) is 0 Å². The summed E-state index contributed by atoms with van der Waals surface area (Å²) in [7, 11) is 1.67. The number of hydrogen-bond donors (Lipinski definition) is 1. The van der Waals surface area contributed by atoms with Gasteiger partial charge in [0.2, 0.25) is 5.91 Å². The fourth-order valence-electron chi connectivity index (χ4n) is 4.87. The van der Waals surface area contributed by atoms with Gasteiger partial charge in [-0.05, 0) is 49.8 Å². The van der Waals surface area contributed by atoms with Crippen LogP contribution >= 0.6 is 0 Å². The summed E-state index contributed by atoms with van der Waals surface area (Å²) >= 11 is 0. The molecule has 2 fully saturated rings. The highest BCUT2D eigenvalue weighted by Crippen LogP contribution is 2.37. The van der Waals surface area contributed by atoms with Gasteiger partial charge in [0.15, 0.2) is 0 Å². The van der Waals surface area contributed by atoms with E-state index in [0.717, 1.165) is 35.3 Å². The smallest absolute Gasteiger partial charge is 0.251 e. The first kappa shape index (κ1) is 22.3. The lowest BCUT2D eigenvalue weighted by Gasteiger charge is -2.29. The first-order chi connectivity index (χ1) is 15.6. The van der Waals surface area contributed by atoms with Crippen LogP contribution in [0.5, 0.6) is 5.75 Å². The predicted molar refractivity (Wildman–Crippen MR) is 123 cm³/mol. The summed E-state index contributed by atoms with van der Waals surface area (Å²) in [6, 6.07) is 16.2. The molecule has 4 rings (SSSR count). The number of amides is 2. The van der Waals surface area contributed by atoms with Crippen molar-refractivity contribution in [3.63, 3.8) is 0 Å². The molecule has 170 valence electrons. The van der Waals surface area contributed by atoms with Crippen molar-refractivity contribution in [1.29, 1.82) is 0 Å². The van der Waals surface area contributed by atoms with Crippen molar-refractivity contribution >= 4 is 11.8 Å². The number of hydrogen-bond acceptors (Lipinski definition) is 4. The van der Waals surface area contributed by atoms with E-state index in [9.17, 15) is 9.59 Å². The first-order valence-corrected chi connectivity index (χ1v) is 11.5. The van der Waals surface area contributed by atoms with Crippen LogP contribution < -0.4 is 10.1 Å². The molecular weight excluding hydrogens is 404 g/mol. The molecule has 0 saturated carbocycles. The molecule has 2 atom stereocenters. The largest absolute Gasteiger partial charge is 0.496 e. The van der Waals surface area contributed by atoms with Gasteiger partial charge < -0.3 is 19.7 Å². The summed E-state index contributed by atoms with van der Waals surface area (Å²) in [6.45, 7) is 4.18. The van der Waals surface area contributed by atoms with Gasteiger partial charge in [0.1, 0.15) is 11.9 Å². The lowest BCUT2D eigenvalue weighted by molar-refractivity contribution is -0.141. The third kappa shape index (κ3) is 4.51. The minimum Gasteiger partial charge on any atom is -0.496 e. The first-order valence-electron chi connectivity index (χ1n) is 11.5. The Morgan fingerprint density at radius 2 is 1.97 bits per heavy atom. The van der Waals surface area contributed by atoms with Gasteiger partial charge in [0, 0.05) is 31.8 Å². The summed E-state index contributed by atoms with van der Waals surface area (Å²) in [4.78, 5) is 27.9. The Morgan fingerprint density at radius 1 is 1.19 bits per heavy atom. The molecule has 2 saturated heterocycles. The highest BCUT2D eigenvalue weighted by Gasteiger charge is 2.47. The van der Waals surface area contributed by atoms with Gasteiger partial charge in [-0.25, -0.2) is 0 Å². The fourth-order valence-corrected chi connectivity index (χ4v) is 4.87. The zero-order chi connectivity index (χ0) is 22.6. The number of methoxy groups -OCH3 is 1. The molecule has 2 unspecified atom stereocenters. The average molecular weight is 437 g/mol. The molecule has 0 radical (unpaired) electrons. The summed E-state index contributed by atoms with van der Waals surface area (Å²) in [6.07, 6.45) is 2.60. The summed E-state index contributed by atoms with van der Waals surface area (Å²) in [5.74, 6) is 0.884. The molecule has 2 amide bonds. The zero-order valence-corrected chi connectivity index (χ0v) is 18.9. The highest BCUT2D eigenvalue weighted by molar-refractivity contribution is 5.87. The second kappa shape index (κ2) is 9.74. The number of para-hydroxylation sites is 1. The maximum Gasteiger partial charge on any atom is 0.251 e. The maximum absolute atomic E-state index is 13.1. The molecule has 0 aliphatic carbocycles. The van der Waals surface area contributed by atoms with Crippen LogP contribution in [0.3, 0.4) is 0 Å². The van der Waals surface area contributed by atoms with Gasteiger partial charge in [-0.1, -0.05) is 42.5 Å². The Kier molecular flexibility index (Phi) is 6.80. The lowest BCUT2D eigenvalue weighted by atomic mass is 9.79. The Balaban J connectivity index is 1.53. The molecule has 6 nitrogen and oxygen atoms in total. The van der Waals surface area contributed by atoms with Crippen LogP contribution in [-0.2, 0) is 20.7 Å². The summed E-state index contributed by atoms with van der Waals surface area (Å²) in [5.41, 5.74) is 2.58. The lowest BCUT2D eigenvalue weighted by Crippen LogP contribution is -2.46. The van der Waals surface area contributed by atoms with Crippen molar-refractivity contribution < 1.29 is 19.1 Å². The van der Waals surface area contributed by atoms with E-state index >= 15 is 0 Å². The van der Waals surface area contributed by atoms with Crippen molar-refractivity contribution in [2.24, 2.45) is 5.41 Å². The van der Waals surface area contributed by atoms with E-state index in [4.69, 9.17) is 9.47 Å². The SMILES string of the molecule is CCNC(=O)C1(Cc2ccc(-c3ccccc3OC)cc2)CCN(C(=O)C2CCCO2)C1. The Bertz CT molecular complexity index is 953. The molecule has 32 heavy (non-hydrogen) atoms. The van der Waals surface area contributed by atoms with E-state index in [1.807, 2.05) is 36.1 Å². The topological polar surface area (TPSA) is 67.9 Å². The van der Waals surface area contributed by atoms with E-state index in [-0.39, 0.29) is 17.9 Å². The number of carbonyl (C=O) groups is 2. The quantitative estimate of drug-likeness (QED) is 0.722. The predicted octanol–water partition coefficient (Wildman–Crippen LogP) is 3.44. The highest BCUT2D eigenvalue weighted by atomic mass is 16.5. The molecular formula is C26H32N2O4. The van der Waals surface area contributed by atoms with Crippen molar-refractivity contribution in [2.75, 3.05) is 33.4 Å². The number of likely N-dealkylation sites (tertiary alicyclic amines) is 1. The molecule has 0 aromatic heterocycles. The van der Waals surface area contributed by atoms with Crippen molar-refractivity contribution in [2.45, 2.75) is 38.7 Å². The molecule has 1 N–H and O–H groups in total. The van der Waals surface area contributed by atoms with Crippen molar-refractivity contribution in [3.8, 4) is 16.9 Å². The Hall–Kier alpha value is -2.86. The number of rotatable bonds is 7. The molecule has 2 aliphatic heterocycles. The van der Waals surface area contributed by atoms with Gasteiger partial charge in [0.05, 0.1) is 12.5 Å². The van der Waals surface area contributed by atoms with Crippen LogP contribution in [0.25, 0.3) is 11.1 Å². The third-order valence-electron chi connectivity index (χ3n) is 6.60.